The van der Waals surface area contributed by atoms with Crippen LogP contribution in [0.2, 0.25) is 0 Å². The van der Waals surface area contributed by atoms with Crippen molar-refractivity contribution in [2.45, 2.75) is 26.4 Å². The Balaban J connectivity index is 2.65. The maximum atomic E-state index is 10.9. The molecule has 1 aliphatic rings. The molecule has 0 aliphatic carbocycles. The van der Waals surface area contributed by atoms with Gasteiger partial charge in [-0.15, -0.1) is 0 Å². The van der Waals surface area contributed by atoms with Crippen molar-refractivity contribution < 1.29 is 9.53 Å². The molecule has 2 nitrogen and oxygen atoms in total. The molecule has 0 bridgehead atoms. The maximum Gasteiger partial charge on any atom is 0.307 e. The topological polar surface area (TPSA) is 26.3 Å². The normalized spacial score (nSPS) is 30.3. The molecule has 1 heterocycles. The molecule has 0 aromatic carbocycles. The predicted octanol–water partition coefficient (Wildman–Crippen LogP) is 2.07. The highest BCUT2D eigenvalue weighted by molar-refractivity contribution is 5.72. The lowest BCUT2D eigenvalue weighted by Crippen LogP contribution is -2.10. The van der Waals surface area contributed by atoms with Crippen LogP contribution < -0.4 is 0 Å². The number of ether oxygens (including phenoxy) is 1. The zero-order valence-corrected chi connectivity index (χ0v) is 7.49. The average molecular weight is 166 g/mol. The maximum absolute atomic E-state index is 10.9. The van der Waals surface area contributed by atoms with Crippen molar-refractivity contribution in [3.05, 3.63) is 24.3 Å². The molecule has 2 unspecified atom stereocenters. The molecule has 1 fully saturated rings. The van der Waals surface area contributed by atoms with Crippen LogP contribution in [0, 0.1) is 5.92 Å². The molecule has 66 valence electrons. The van der Waals surface area contributed by atoms with Crippen LogP contribution in [0.15, 0.2) is 24.3 Å². The van der Waals surface area contributed by atoms with E-state index in [0.717, 1.165) is 0 Å². The van der Waals surface area contributed by atoms with E-state index in [1.54, 1.807) is 0 Å². The third-order valence-electron chi connectivity index (χ3n) is 1.91. The Kier molecular flexibility index (Phi) is 3.09. The highest BCUT2D eigenvalue weighted by Crippen LogP contribution is 2.24. The fourth-order valence-corrected chi connectivity index (χ4v) is 1.39. The summed E-state index contributed by atoms with van der Waals surface area (Å²) in [5.74, 6) is 0.139. The first-order valence-electron chi connectivity index (χ1n) is 4.23. The summed E-state index contributed by atoms with van der Waals surface area (Å²) in [4.78, 5) is 10.9. The largest absolute Gasteiger partial charge is 0.457 e. The summed E-state index contributed by atoms with van der Waals surface area (Å²) in [5.41, 5.74) is 0. The molecule has 0 radical (unpaired) electrons. The second-order valence-electron chi connectivity index (χ2n) is 2.87. The van der Waals surface area contributed by atoms with E-state index in [1.165, 1.54) is 0 Å². The summed E-state index contributed by atoms with van der Waals surface area (Å²) in [7, 11) is 0. The van der Waals surface area contributed by atoms with Gasteiger partial charge in [-0.25, -0.2) is 0 Å². The fourth-order valence-electron chi connectivity index (χ4n) is 1.39. The number of carbonyl (C=O) groups is 1. The van der Waals surface area contributed by atoms with E-state index in [4.69, 9.17) is 4.74 Å². The van der Waals surface area contributed by atoms with Gasteiger partial charge in [0.1, 0.15) is 6.10 Å². The molecule has 12 heavy (non-hydrogen) atoms. The molecule has 1 aliphatic heterocycles. The van der Waals surface area contributed by atoms with Crippen molar-refractivity contribution in [2.75, 3.05) is 0 Å². The van der Waals surface area contributed by atoms with E-state index in [2.05, 4.69) is 0 Å². The monoisotopic (exact) mass is 166 g/mol. The number of hydrogen-bond donors (Lipinski definition) is 0. The van der Waals surface area contributed by atoms with Crippen molar-refractivity contribution in [3.8, 4) is 0 Å². The molecule has 0 spiro atoms. The Labute approximate surface area is 72.9 Å². The molecule has 0 saturated carbocycles. The molecule has 2 atom stereocenters. The standard InChI is InChI=1S/C10H14O2/c1-3-5-8-7-10(11)12-9(8)6-4-2/h3-6,8-9H,7H2,1-2H3/b5-3+,6-4+. The van der Waals surface area contributed by atoms with Gasteiger partial charge in [-0.1, -0.05) is 18.2 Å². The number of carbonyl (C=O) groups excluding carboxylic acids is 1. The lowest BCUT2D eigenvalue weighted by molar-refractivity contribution is -0.140. The second kappa shape index (κ2) is 4.10. The van der Waals surface area contributed by atoms with Gasteiger partial charge in [0.15, 0.2) is 0 Å². The Hall–Kier alpha value is -1.05. The van der Waals surface area contributed by atoms with Gasteiger partial charge in [-0.05, 0) is 19.9 Å². The molecule has 0 amide bonds. The highest BCUT2D eigenvalue weighted by atomic mass is 16.5. The van der Waals surface area contributed by atoms with Gasteiger partial charge in [0, 0.05) is 5.92 Å². The summed E-state index contributed by atoms with van der Waals surface area (Å²) in [6, 6.07) is 0. The zero-order chi connectivity index (χ0) is 8.97. The predicted molar refractivity (Wildman–Crippen MR) is 47.6 cm³/mol. The van der Waals surface area contributed by atoms with Crippen LogP contribution in [-0.2, 0) is 9.53 Å². The van der Waals surface area contributed by atoms with Gasteiger partial charge in [0.2, 0.25) is 0 Å². The van der Waals surface area contributed by atoms with E-state index in [-0.39, 0.29) is 18.0 Å². The van der Waals surface area contributed by atoms with E-state index >= 15 is 0 Å². The molecular formula is C10H14O2. The van der Waals surface area contributed by atoms with Gasteiger partial charge in [-0.2, -0.15) is 0 Å². The van der Waals surface area contributed by atoms with Crippen LogP contribution in [0.25, 0.3) is 0 Å². The molecule has 0 aromatic heterocycles. The van der Waals surface area contributed by atoms with Gasteiger partial charge < -0.3 is 4.74 Å². The number of allylic oxidation sites excluding steroid dienone is 2. The van der Waals surface area contributed by atoms with Gasteiger partial charge in [-0.3, -0.25) is 4.79 Å². The molecule has 1 rings (SSSR count). The average Bonchev–Trinajstić information content (AvgIpc) is 2.33. The number of esters is 1. The third kappa shape index (κ3) is 1.97. The van der Waals surface area contributed by atoms with E-state index in [1.807, 2.05) is 38.2 Å². The van der Waals surface area contributed by atoms with Gasteiger partial charge in [0.25, 0.3) is 0 Å². The highest BCUT2D eigenvalue weighted by Gasteiger charge is 2.30. The summed E-state index contributed by atoms with van der Waals surface area (Å²) in [6.45, 7) is 3.88. The lowest BCUT2D eigenvalue weighted by atomic mass is 10.0. The SMILES string of the molecule is C/C=C/C1CC(=O)OC1/C=C/C. The first-order chi connectivity index (χ1) is 5.77. The van der Waals surface area contributed by atoms with Crippen molar-refractivity contribution in [1.29, 1.82) is 0 Å². The minimum absolute atomic E-state index is 0.0429. The number of hydrogen-bond acceptors (Lipinski definition) is 2. The van der Waals surface area contributed by atoms with Crippen molar-refractivity contribution in [2.24, 2.45) is 5.92 Å². The number of cyclic esters (lactones) is 1. The van der Waals surface area contributed by atoms with Crippen LogP contribution in [-0.4, -0.2) is 12.1 Å². The van der Waals surface area contributed by atoms with Crippen LogP contribution in [0.3, 0.4) is 0 Å². The Morgan fingerprint density at radius 1 is 1.33 bits per heavy atom. The summed E-state index contributed by atoms with van der Waals surface area (Å²) >= 11 is 0. The summed E-state index contributed by atoms with van der Waals surface area (Å²) in [5, 5.41) is 0. The molecule has 0 N–H and O–H groups in total. The van der Waals surface area contributed by atoms with Crippen molar-refractivity contribution in [1.82, 2.24) is 0 Å². The minimum Gasteiger partial charge on any atom is -0.457 e. The van der Waals surface area contributed by atoms with Crippen LogP contribution in [0.1, 0.15) is 20.3 Å². The minimum atomic E-state index is -0.0961. The van der Waals surface area contributed by atoms with E-state index < -0.39 is 0 Å². The quantitative estimate of drug-likeness (QED) is 0.463. The Morgan fingerprint density at radius 2 is 2.00 bits per heavy atom. The smallest absolute Gasteiger partial charge is 0.307 e. The molecule has 1 saturated heterocycles. The number of rotatable bonds is 2. The first kappa shape index (κ1) is 9.04. The van der Waals surface area contributed by atoms with Crippen molar-refractivity contribution in [3.63, 3.8) is 0 Å². The Bertz CT molecular complexity index is 194. The van der Waals surface area contributed by atoms with Crippen LogP contribution >= 0.6 is 0 Å². The van der Waals surface area contributed by atoms with Crippen LogP contribution in [0.5, 0.6) is 0 Å². The van der Waals surface area contributed by atoms with E-state index in [9.17, 15) is 4.79 Å². The third-order valence-corrected chi connectivity index (χ3v) is 1.91. The van der Waals surface area contributed by atoms with Crippen LogP contribution in [0.4, 0.5) is 0 Å². The summed E-state index contributed by atoms with van der Waals surface area (Å²) < 4.78 is 5.09. The second-order valence-corrected chi connectivity index (χ2v) is 2.87. The molecule has 0 aromatic rings. The van der Waals surface area contributed by atoms with E-state index in [0.29, 0.717) is 6.42 Å². The molecule has 2 heteroatoms. The first-order valence-corrected chi connectivity index (χ1v) is 4.23. The lowest BCUT2D eigenvalue weighted by Gasteiger charge is -2.08. The fraction of sp³-hybridized carbons (Fsp3) is 0.500. The van der Waals surface area contributed by atoms with Gasteiger partial charge >= 0.3 is 5.97 Å². The Morgan fingerprint density at radius 3 is 2.58 bits per heavy atom. The zero-order valence-electron chi connectivity index (χ0n) is 7.49. The summed E-state index contributed by atoms with van der Waals surface area (Å²) in [6.07, 6.45) is 8.30. The molecular weight excluding hydrogens is 152 g/mol. The van der Waals surface area contributed by atoms with Crippen molar-refractivity contribution >= 4 is 5.97 Å². The van der Waals surface area contributed by atoms with Gasteiger partial charge in [0.05, 0.1) is 6.42 Å².